The zero-order valence-electron chi connectivity index (χ0n) is 21.4. The number of aryl methyl sites for hydroxylation is 1. The molecule has 0 aliphatic rings. The summed E-state index contributed by atoms with van der Waals surface area (Å²) >= 11 is 6.26. The number of benzene rings is 4. The van der Waals surface area contributed by atoms with Crippen LogP contribution < -0.4 is 9.62 Å². The van der Waals surface area contributed by atoms with Crippen LogP contribution in [0.4, 0.5) is 11.4 Å². The Morgan fingerprint density at radius 3 is 2.21 bits per heavy atom. The second-order valence-corrected chi connectivity index (χ2v) is 11.0. The summed E-state index contributed by atoms with van der Waals surface area (Å²) < 4.78 is 34.1. The van der Waals surface area contributed by atoms with Gasteiger partial charge < -0.3 is 10.1 Å². The average molecular weight is 563 g/mol. The van der Waals surface area contributed by atoms with E-state index in [1.54, 1.807) is 55.5 Å². The van der Waals surface area contributed by atoms with Gasteiger partial charge in [0.05, 0.1) is 39.9 Å². The van der Waals surface area contributed by atoms with E-state index in [4.69, 9.17) is 16.3 Å². The van der Waals surface area contributed by atoms with Crippen LogP contribution in [-0.4, -0.2) is 26.9 Å². The number of esters is 1. The van der Waals surface area contributed by atoms with Gasteiger partial charge in [-0.3, -0.25) is 9.10 Å². The Hall–Kier alpha value is -4.14. The number of rotatable bonds is 9. The molecule has 4 aromatic carbocycles. The van der Waals surface area contributed by atoms with Gasteiger partial charge in [0, 0.05) is 5.69 Å². The van der Waals surface area contributed by atoms with Crippen LogP contribution in [0.5, 0.6) is 0 Å². The molecule has 7 nitrogen and oxygen atoms in total. The fraction of sp³-hybridized carbons (Fsp3) is 0.133. The molecule has 0 spiro atoms. The Labute approximate surface area is 233 Å². The maximum atomic E-state index is 13.9. The minimum Gasteiger partial charge on any atom is -0.462 e. The van der Waals surface area contributed by atoms with Crippen LogP contribution in [0.3, 0.4) is 0 Å². The van der Waals surface area contributed by atoms with Crippen molar-refractivity contribution in [2.45, 2.75) is 25.3 Å². The number of carbonyl (C=O) groups is 2. The molecule has 0 aliphatic carbocycles. The van der Waals surface area contributed by atoms with Crippen molar-refractivity contribution in [1.82, 2.24) is 0 Å². The molecule has 39 heavy (non-hydrogen) atoms. The predicted molar refractivity (Wildman–Crippen MR) is 153 cm³/mol. The van der Waals surface area contributed by atoms with Crippen molar-refractivity contribution in [3.63, 3.8) is 0 Å². The highest BCUT2D eigenvalue weighted by molar-refractivity contribution is 7.92. The maximum absolute atomic E-state index is 13.9. The third-order valence-electron chi connectivity index (χ3n) is 5.92. The smallest absolute Gasteiger partial charge is 0.339 e. The minimum absolute atomic E-state index is 0.0153. The molecule has 0 aromatic heterocycles. The molecule has 0 atom stereocenters. The lowest BCUT2D eigenvalue weighted by Crippen LogP contribution is -2.32. The summed E-state index contributed by atoms with van der Waals surface area (Å²) in [4.78, 5) is 25.6. The van der Waals surface area contributed by atoms with Gasteiger partial charge in [-0.1, -0.05) is 71.8 Å². The maximum Gasteiger partial charge on any atom is 0.339 e. The Bertz CT molecular complexity index is 1590. The Balaban J connectivity index is 1.72. The van der Waals surface area contributed by atoms with Gasteiger partial charge in [0.25, 0.3) is 15.9 Å². The van der Waals surface area contributed by atoms with Crippen molar-refractivity contribution in [2.75, 3.05) is 16.2 Å². The first-order valence-corrected chi connectivity index (χ1v) is 14.0. The standard InChI is InChI=1S/C30H27ClN2O5S/c1-3-38-30(35)25-18-15-23(19-27(25)31)32-29(34)26-11-7-8-12-28(26)33(20-22-9-5-4-6-10-22)39(36,37)24-16-13-21(2)14-17-24/h4-19H,3,20H2,1-2H3,(H,32,34). The number of nitrogens with zero attached hydrogens (tertiary/aromatic N) is 1. The van der Waals surface area contributed by atoms with E-state index in [9.17, 15) is 18.0 Å². The molecule has 0 radical (unpaired) electrons. The number of carbonyl (C=O) groups excluding carboxylic acids is 2. The van der Waals surface area contributed by atoms with Gasteiger partial charge >= 0.3 is 5.97 Å². The summed E-state index contributed by atoms with van der Waals surface area (Å²) in [7, 11) is -4.04. The van der Waals surface area contributed by atoms with Crippen molar-refractivity contribution in [2.24, 2.45) is 0 Å². The number of hydrogen-bond donors (Lipinski definition) is 1. The second kappa shape index (κ2) is 12.1. The van der Waals surface area contributed by atoms with Crippen molar-refractivity contribution in [3.8, 4) is 0 Å². The van der Waals surface area contributed by atoms with Gasteiger partial charge in [-0.25, -0.2) is 13.2 Å². The first-order chi connectivity index (χ1) is 18.7. The zero-order valence-corrected chi connectivity index (χ0v) is 23.0. The van der Waals surface area contributed by atoms with Crippen LogP contribution in [-0.2, 0) is 21.3 Å². The van der Waals surface area contributed by atoms with Crippen LogP contribution in [0.25, 0.3) is 0 Å². The van der Waals surface area contributed by atoms with E-state index in [0.717, 1.165) is 11.1 Å². The molecular formula is C30H27ClN2O5S. The van der Waals surface area contributed by atoms with Crippen molar-refractivity contribution in [1.29, 1.82) is 0 Å². The molecule has 1 amide bonds. The summed E-state index contributed by atoms with van der Waals surface area (Å²) in [6.45, 7) is 3.79. The van der Waals surface area contributed by atoms with Crippen molar-refractivity contribution >= 4 is 44.9 Å². The van der Waals surface area contributed by atoms with Gasteiger partial charge in [-0.2, -0.15) is 0 Å². The SMILES string of the molecule is CCOC(=O)c1ccc(NC(=O)c2ccccc2N(Cc2ccccc2)S(=O)(=O)c2ccc(C)cc2)cc1Cl. The highest BCUT2D eigenvalue weighted by Crippen LogP contribution is 2.30. The van der Waals surface area contributed by atoms with Crippen LogP contribution >= 0.6 is 11.6 Å². The molecule has 0 aliphatic heterocycles. The summed E-state index contributed by atoms with van der Waals surface area (Å²) in [5, 5.41) is 2.88. The summed E-state index contributed by atoms with van der Waals surface area (Å²) in [5.41, 5.74) is 2.56. The number of ether oxygens (including phenoxy) is 1. The van der Waals surface area contributed by atoms with Gasteiger partial charge in [-0.15, -0.1) is 0 Å². The summed E-state index contributed by atoms with van der Waals surface area (Å²) in [5.74, 6) is -1.11. The molecule has 200 valence electrons. The van der Waals surface area contributed by atoms with E-state index < -0.39 is 21.9 Å². The number of nitrogens with one attached hydrogen (secondary N) is 1. The molecule has 0 fully saturated rings. The lowest BCUT2D eigenvalue weighted by molar-refractivity contribution is 0.0526. The number of para-hydroxylation sites is 1. The van der Waals surface area contributed by atoms with Crippen LogP contribution in [0.15, 0.2) is 102 Å². The molecule has 0 unspecified atom stereocenters. The van der Waals surface area contributed by atoms with Gasteiger partial charge in [0.2, 0.25) is 0 Å². The second-order valence-electron chi connectivity index (χ2n) is 8.70. The molecule has 0 saturated carbocycles. The summed E-state index contributed by atoms with van der Waals surface area (Å²) in [6.07, 6.45) is 0. The number of amides is 1. The molecular weight excluding hydrogens is 536 g/mol. The normalized spacial score (nSPS) is 11.1. The molecule has 0 bridgehead atoms. The van der Waals surface area contributed by atoms with Gasteiger partial charge in [0.15, 0.2) is 0 Å². The van der Waals surface area contributed by atoms with Crippen LogP contribution in [0.2, 0.25) is 5.02 Å². The first kappa shape index (κ1) is 27.9. The lowest BCUT2D eigenvalue weighted by Gasteiger charge is -2.26. The quantitative estimate of drug-likeness (QED) is 0.236. The van der Waals surface area contributed by atoms with Crippen molar-refractivity contribution < 1.29 is 22.7 Å². The van der Waals surface area contributed by atoms with Crippen molar-refractivity contribution in [3.05, 3.63) is 124 Å². The lowest BCUT2D eigenvalue weighted by atomic mass is 10.1. The van der Waals surface area contributed by atoms with E-state index in [-0.39, 0.29) is 39.9 Å². The van der Waals surface area contributed by atoms with E-state index >= 15 is 0 Å². The molecule has 9 heteroatoms. The third-order valence-corrected chi connectivity index (χ3v) is 8.00. The average Bonchev–Trinajstić information content (AvgIpc) is 2.92. The third kappa shape index (κ3) is 6.47. The Morgan fingerprint density at radius 1 is 0.872 bits per heavy atom. The number of hydrogen-bond acceptors (Lipinski definition) is 5. The zero-order chi connectivity index (χ0) is 28.0. The number of sulfonamides is 1. The minimum atomic E-state index is -4.04. The molecule has 0 heterocycles. The molecule has 1 N–H and O–H groups in total. The number of halogens is 1. The van der Waals surface area contributed by atoms with E-state index in [2.05, 4.69) is 5.32 Å². The fourth-order valence-electron chi connectivity index (χ4n) is 3.94. The topological polar surface area (TPSA) is 92.8 Å². The molecule has 4 aromatic rings. The predicted octanol–water partition coefficient (Wildman–Crippen LogP) is 6.47. The van der Waals surface area contributed by atoms with Gasteiger partial charge in [0.1, 0.15) is 0 Å². The molecule has 0 saturated heterocycles. The first-order valence-electron chi connectivity index (χ1n) is 12.2. The van der Waals surface area contributed by atoms with Crippen LogP contribution in [0, 0.1) is 6.92 Å². The molecule has 4 rings (SSSR count). The number of anilines is 2. The van der Waals surface area contributed by atoms with E-state index in [0.29, 0.717) is 5.69 Å². The largest absolute Gasteiger partial charge is 0.462 e. The van der Waals surface area contributed by atoms with Gasteiger partial charge in [-0.05, 0) is 61.9 Å². The van der Waals surface area contributed by atoms with E-state index in [1.165, 1.54) is 22.5 Å². The highest BCUT2D eigenvalue weighted by Gasteiger charge is 2.28. The monoisotopic (exact) mass is 562 g/mol. The van der Waals surface area contributed by atoms with E-state index in [1.807, 2.05) is 37.3 Å². The highest BCUT2D eigenvalue weighted by atomic mass is 35.5. The Morgan fingerprint density at radius 2 is 1.54 bits per heavy atom. The Kier molecular flexibility index (Phi) is 8.69. The summed E-state index contributed by atoms with van der Waals surface area (Å²) in [6, 6.07) is 26.7. The fourth-order valence-corrected chi connectivity index (χ4v) is 5.66. The van der Waals surface area contributed by atoms with Crippen LogP contribution in [0.1, 0.15) is 38.8 Å².